The fourth-order valence-electron chi connectivity index (χ4n) is 3.56. The van der Waals surface area contributed by atoms with Crippen molar-refractivity contribution in [2.45, 2.75) is 33.7 Å². The van der Waals surface area contributed by atoms with Crippen LogP contribution in [0.4, 0.5) is 5.69 Å². The maximum Gasteiger partial charge on any atom is 0.277 e. The van der Waals surface area contributed by atoms with E-state index in [-0.39, 0.29) is 24.4 Å². The number of hydrogen-bond acceptors (Lipinski definition) is 3. The van der Waals surface area contributed by atoms with E-state index in [0.717, 1.165) is 33.3 Å². The Balaban J connectivity index is 1.54. The van der Waals surface area contributed by atoms with Crippen molar-refractivity contribution >= 4 is 33.5 Å². The summed E-state index contributed by atoms with van der Waals surface area (Å²) in [6.45, 7) is 6.26. The minimum absolute atomic E-state index is 0.135. The van der Waals surface area contributed by atoms with Gasteiger partial charge in [0.2, 0.25) is 5.91 Å². The monoisotopic (exact) mass is 374 g/mol. The van der Waals surface area contributed by atoms with Gasteiger partial charge in [-0.1, -0.05) is 17.7 Å². The highest BCUT2D eigenvalue weighted by molar-refractivity contribution is 6.04. The molecule has 2 aromatic heterocycles. The highest BCUT2D eigenvalue weighted by Gasteiger charge is 2.12. The maximum absolute atomic E-state index is 12.8. The number of hydrogen-bond donors (Lipinski definition) is 2. The molecule has 6 nitrogen and oxygen atoms in total. The lowest BCUT2D eigenvalue weighted by atomic mass is 10.1. The fourth-order valence-corrected chi connectivity index (χ4v) is 3.56. The lowest BCUT2D eigenvalue weighted by Crippen LogP contribution is -2.23. The normalized spacial score (nSPS) is 11.2. The number of amides is 1. The predicted octanol–water partition coefficient (Wildman–Crippen LogP) is 3.83. The smallest absolute Gasteiger partial charge is 0.277 e. The summed E-state index contributed by atoms with van der Waals surface area (Å²) in [5, 5.41) is 3.83. The van der Waals surface area contributed by atoms with E-state index in [1.54, 1.807) is 0 Å². The highest BCUT2D eigenvalue weighted by atomic mass is 16.2. The first-order valence-electron chi connectivity index (χ1n) is 9.26. The Labute approximate surface area is 162 Å². The zero-order chi connectivity index (χ0) is 19.8. The summed E-state index contributed by atoms with van der Waals surface area (Å²) < 4.78 is 1.48. The first kappa shape index (κ1) is 18.0. The first-order chi connectivity index (χ1) is 13.4. The lowest BCUT2D eigenvalue weighted by molar-refractivity contribution is -0.116. The van der Waals surface area contributed by atoms with Crippen molar-refractivity contribution in [2.75, 3.05) is 5.32 Å². The Hall–Kier alpha value is -3.41. The SMILES string of the molecule is Cc1cc(C)cc(NC(=O)CCn2cnc3c([nH]c4ccc(C)cc43)c2=O)c1. The number of aryl methyl sites for hydroxylation is 4. The molecule has 0 unspecified atom stereocenters. The summed E-state index contributed by atoms with van der Waals surface area (Å²) in [5.74, 6) is -0.135. The van der Waals surface area contributed by atoms with E-state index < -0.39 is 0 Å². The molecule has 0 aliphatic rings. The third kappa shape index (κ3) is 3.41. The Morgan fingerprint density at radius 3 is 2.57 bits per heavy atom. The molecule has 2 N–H and O–H groups in total. The quantitative estimate of drug-likeness (QED) is 0.570. The van der Waals surface area contributed by atoms with Crippen LogP contribution in [-0.2, 0) is 11.3 Å². The van der Waals surface area contributed by atoms with Crippen LogP contribution < -0.4 is 10.9 Å². The number of nitrogens with zero attached hydrogens (tertiary/aromatic N) is 2. The number of carbonyl (C=O) groups excluding carboxylic acids is 1. The van der Waals surface area contributed by atoms with Crippen molar-refractivity contribution in [3.8, 4) is 0 Å². The molecule has 1 amide bonds. The molecule has 0 aliphatic carbocycles. The summed E-state index contributed by atoms with van der Waals surface area (Å²) in [5.41, 5.74) is 5.92. The second-order valence-electron chi connectivity index (χ2n) is 7.32. The van der Waals surface area contributed by atoms with E-state index in [0.29, 0.717) is 11.0 Å². The van der Waals surface area contributed by atoms with Gasteiger partial charge in [0, 0.05) is 29.6 Å². The third-order valence-corrected chi connectivity index (χ3v) is 4.81. The molecule has 0 saturated carbocycles. The number of anilines is 1. The number of nitrogens with one attached hydrogen (secondary N) is 2. The maximum atomic E-state index is 12.8. The highest BCUT2D eigenvalue weighted by Crippen LogP contribution is 2.22. The van der Waals surface area contributed by atoms with Gasteiger partial charge in [-0.25, -0.2) is 4.98 Å². The van der Waals surface area contributed by atoms with Gasteiger partial charge >= 0.3 is 0 Å². The second kappa shape index (κ2) is 6.96. The average Bonchev–Trinajstić information content (AvgIpc) is 2.99. The number of fused-ring (bicyclic) bond motifs is 3. The molecule has 4 aromatic rings. The van der Waals surface area contributed by atoms with E-state index in [9.17, 15) is 9.59 Å². The van der Waals surface area contributed by atoms with Gasteiger partial charge in [0.05, 0.1) is 6.33 Å². The molecule has 142 valence electrons. The van der Waals surface area contributed by atoms with Crippen LogP contribution in [0, 0.1) is 20.8 Å². The van der Waals surface area contributed by atoms with E-state index in [2.05, 4.69) is 21.4 Å². The Bertz CT molecular complexity index is 1250. The zero-order valence-corrected chi connectivity index (χ0v) is 16.2. The van der Waals surface area contributed by atoms with Gasteiger partial charge in [0.1, 0.15) is 11.0 Å². The minimum atomic E-state index is -0.168. The third-order valence-electron chi connectivity index (χ3n) is 4.81. The number of carbonyl (C=O) groups is 1. The number of rotatable bonds is 4. The van der Waals surface area contributed by atoms with Crippen molar-refractivity contribution in [1.82, 2.24) is 14.5 Å². The van der Waals surface area contributed by atoms with Gasteiger partial charge in [-0.2, -0.15) is 0 Å². The fraction of sp³-hybridized carbons (Fsp3) is 0.227. The van der Waals surface area contributed by atoms with Gasteiger partial charge in [-0.3, -0.25) is 14.2 Å². The summed E-state index contributed by atoms with van der Waals surface area (Å²) in [6.07, 6.45) is 1.71. The van der Waals surface area contributed by atoms with E-state index in [1.165, 1.54) is 10.9 Å². The number of benzene rings is 2. The van der Waals surface area contributed by atoms with Gasteiger partial charge < -0.3 is 10.3 Å². The van der Waals surface area contributed by atoms with Crippen molar-refractivity contribution in [3.63, 3.8) is 0 Å². The molecular weight excluding hydrogens is 352 g/mol. The summed E-state index contributed by atoms with van der Waals surface area (Å²) >= 11 is 0. The van der Waals surface area contributed by atoms with Crippen molar-refractivity contribution in [3.05, 3.63) is 69.8 Å². The van der Waals surface area contributed by atoms with Crippen molar-refractivity contribution < 1.29 is 4.79 Å². The van der Waals surface area contributed by atoms with Crippen LogP contribution in [0.3, 0.4) is 0 Å². The lowest BCUT2D eigenvalue weighted by Gasteiger charge is -2.08. The number of aromatic nitrogens is 3. The molecule has 0 atom stereocenters. The van der Waals surface area contributed by atoms with Crippen molar-refractivity contribution in [2.24, 2.45) is 0 Å². The Morgan fingerprint density at radius 1 is 1.07 bits per heavy atom. The topological polar surface area (TPSA) is 79.8 Å². The summed E-state index contributed by atoms with van der Waals surface area (Å²) in [4.78, 5) is 32.7. The van der Waals surface area contributed by atoms with Gasteiger partial charge in [0.25, 0.3) is 5.56 Å². The van der Waals surface area contributed by atoms with Crippen molar-refractivity contribution in [1.29, 1.82) is 0 Å². The predicted molar refractivity (Wildman–Crippen MR) is 112 cm³/mol. The first-order valence-corrected chi connectivity index (χ1v) is 9.26. The molecule has 0 fully saturated rings. The van der Waals surface area contributed by atoms with E-state index in [1.807, 2.05) is 51.1 Å². The molecular formula is C22H22N4O2. The molecule has 2 heterocycles. The molecule has 28 heavy (non-hydrogen) atoms. The molecule has 0 radical (unpaired) electrons. The minimum Gasteiger partial charge on any atom is -0.349 e. The van der Waals surface area contributed by atoms with Gasteiger partial charge in [0.15, 0.2) is 0 Å². The number of H-pyrrole nitrogens is 1. The molecule has 2 aromatic carbocycles. The van der Waals surface area contributed by atoms with Crippen LogP contribution in [-0.4, -0.2) is 20.4 Å². The van der Waals surface area contributed by atoms with E-state index >= 15 is 0 Å². The van der Waals surface area contributed by atoms with Crippen LogP contribution >= 0.6 is 0 Å². The molecule has 0 saturated heterocycles. The zero-order valence-electron chi connectivity index (χ0n) is 16.2. The van der Waals surface area contributed by atoms with Gasteiger partial charge in [-0.05, 0) is 56.2 Å². The second-order valence-corrected chi connectivity index (χ2v) is 7.32. The molecule has 6 heteroatoms. The van der Waals surface area contributed by atoms with Crippen LogP contribution in [0.25, 0.3) is 21.9 Å². The molecule has 4 rings (SSSR count). The largest absolute Gasteiger partial charge is 0.349 e. The summed E-state index contributed by atoms with van der Waals surface area (Å²) in [7, 11) is 0. The van der Waals surface area contributed by atoms with E-state index in [4.69, 9.17) is 0 Å². The molecule has 0 spiro atoms. The Morgan fingerprint density at radius 2 is 1.82 bits per heavy atom. The van der Waals surface area contributed by atoms with Crippen LogP contribution in [0.5, 0.6) is 0 Å². The average molecular weight is 374 g/mol. The van der Waals surface area contributed by atoms with Crippen LogP contribution in [0.2, 0.25) is 0 Å². The van der Waals surface area contributed by atoms with Crippen LogP contribution in [0.15, 0.2) is 47.5 Å². The number of aromatic amines is 1. The van der Waals surface area contributed by atoms with Crippen LogP contribution in [0.1, 0.15) is 23.1 Å². The Kier molecular flexibility index (Phi) is 4.47. The van der Waals surface area contributed by atoms with Gasteiger partial charge in [-0.15, -0.1) is 0 Å². The summed E-state index contributed by atoms with van der Waals surface area (Å²) in [6, 6.07) is 11.9. The molecule has 0 aliphatic heterocycles. The standard InChI is InChI=1S/C22H22N4O2/c1-13-4-5-18-17(11-13)20-21(25-18)22(28)26(12-23-20)7-6-19(27)24-16-9-14(2)8-15(3)10-16/h4-5,8-12,25H,6-7H2,1-3H3,(H,24,27). The molecule has 0 bridgehead atoms.